The summed E-state index contributed by atoms with van der Waals surface area (Å²) in [6, 6.07) is 0. The SMILES string of the molecule is CC(C(=O)O)=C(CCCO)C(F)(F)C(F)(F)C(F)(F)C(F)(F)C(F)(F)C(F)(F)F. The molecule has 0 fully saturated rings. The van der Waals surface area contributed by atoms with Crippen LogP contribution in [0.4, 0.5) is 57.1 Å². The zero-order chi connectivity index (χ0) is 23.9. The molecule has 0 saturated carbocycles. The van der Waals surface area contributed by atoms with E-state index in [0.717, 1.165) is 0 Å². The third kappa shape index (κ3) is 4.12. The predicted octanol–water partition coefficient (Wildman–Crippen LogP) is 4.90. The number of rotatable bonds is 9. The van der Waals surface area contributed by atoms with E-state index in [9.17, 15) is 61.9 Å². The molecule has 0 saturated heterocycles. The molecule has 0 rings (SSSR count). The molecule has 0 aromatic heterocycles. The molecule has 172 valence electrons. The molecule has 0 unspecified atom stereocenters. The quantitative estimate of drug-likeness (QED) is 0.379. The Kier molecular flexibility index (Phi) is 7.36. The summed E-state index contributed by atoms with van der Waals surface area (Å²) < 4.78 is 170. The maximum Gasteiger partial charge on any atom is 0.460 e. The van der Waals surface area contributed by atoms with Crippen molar-refractivity contribution in [3.63, 3.8) is 0 Å². The summed E-state index contributed by atoms with van der Waals surface area (Å²) in [7, 11) is 0. The first-order chi connectivity index (χ1) is 12.6. The van der Waals surface area contributed by atoms with Gasteiger partial charge in [0.25, 0.3) is 0 Å². The average Bonchev–Trinajstić information content (AvgIpc) is 2.52. The van der Waals surface area contributed by atoms with Gasteiger partial charge in [0.15, 0.2) is 0 Å². The van der Waals surface area contributed by atoms with Crippen molar-refractivity contribution in [2.45, 2.75) is 55.6 Å². The minimum atomic E-state index is -8.07. The number of aliphatic hydroxyl groups excluding tert-OH is 1. The highest BCUT2D eigenvalue weighted by Crippen LogP contribution is 2.61. The molecule has 0 aliphatic rings. The summed E-state index contributed by atoms with van der Waals surface area (Å²) >= 11 is 0. The molecule has 0 heterocycles. The number of carbonyl (C=O) groups is 1. The molecule has 29 heavy (non-hydrogen) atoms. The highest BCUT2D eigenvalue weighted by Gasteiger charge is 2.91. The lowest BCUT2D eigenvalue weighted by atomic mass is 9.87. The number of aliphatic hydroxyl groups is 1. The van der Waals surface area contributed by atoms with Gasteiger partial charge < -0.3 is 10.2 Å². The van der Waals surface area contributed by atoms with Gasteiger partial charge in [0, 0.05) is 17.8 Å². The highest BCUT2D eigenvalue weighted by atomic mass is 19.4. The van der Waals surface area contributed by atoms with Gasteiger partial charge in [0.1, 0.15) is 0 Å². The summed E-state index contributed by atoms with van der Waals surface area (Å²) in [6.45, 7) is -0.976. The second-order valence-corrected chi connectivity index (χ2v) is 5.61. The van der Waals surface area contributed by atoms with Crippen molar-refractivity contribution in [3.05, 3.63) is 11.1 Å². The molecule has 0 aliphatic heterocycles. The third-order valence-electron chi connectivity index (χ3n) is 3.67. The molecule has 0 atom stereocenters. The van der Waals surface area contributed by atoms with Crippen LogP contribution in [0.25, 0.3) is 0 Å². The van der Waals surface area contributed by atoms with Crippen LogP contribution in [0.15, 0.2) is 11.1 Å². The van der Waals surface area contributed by atoms with E-state index in [4.69, 9.17) is 10.2 Å². The first-order valence-electron chi connectivity index (χ1n) is 7.05. The number of carboxylic acid groups (broad SMARTS) is 1. The van der Waals surface area contributed by atoms with Gasteiger partial charge in [-0.2, -0.15) is 57.1 Å². The van der Waals surface area contributed by atoms with Crippen molar-refractivity contribution in [2.75, 3.05) is 6.61 Å². The first-order valence-corrected chi connectivity index (χ1v) is 7.05. The number of aliphatic carboxylic acids is 1. The van der Waals surface area contributed by atoms with Crippen LogP contribution in [0.5, 0.6) is 0 Å². The molecule has 0 amide bonds. The fourth-order valence-corrected chi connectivity index (χ4v) is 1.92. The van der Waals surface area contributed by atoms with Gasteiger partial charge in [-0.1, -0.05) is 0 Å². The lowest BCUT2D eigenvalue weighted by molar-refractivity contribution is -0.437. The molecule has 0 aromatic carbocycles. The Balaban J connectivity index is 6.76. The van der Waals surface area contributed by atoms with Crippen LogP contribution in [0.3, 0.4) is 0 Å². The molecule has 0 aliphatic carbocycles. The number of allylic oxidation sites excluding steroid dienone is 1. The minimum Gasteiger partial charge on any atom is -0.478 e. The number of carboxylic acids is 1. The third-order valence-corrected chi connectivity index (χ3v) is 3.67. The summed E-state index contributed by atoms with van der Waals surface area (Å²) in [6.07, 6.45) is -10.1. The second-order valence-electron chi connectivity index (χ2n) is 5.61. The maximum absolute atomic E-state index is 14.0. The van der Waals surface area contributed by atoms with Gasteiger partial charge in [0.05, 0.1) is 0 Å². The Labute approximate surface area is 152 Å². The maximum atomic E-state index is 14.0. The Morgan fingerprint density at radius 2 is 1.10 bits per heavy atom. The Morgan fingerprint density at radius 3 is 1.41 bits per heavy atom. The largest absolute Gasteiger partial charge is 0.478 e. The molecule has 0 spiro atoms. The van der Waals surface area contributed by atoms with Crippen LogP contribution in [0, 0.1) is 0 Å². The molecule has 16 heteroatoms. The molecule has 0 bridgehead atoms. The van der Waals surface area contributed by atoms with Crippen molar-refractivity contribution in [1.82, 2.24) is 0 Å². The summed E-state index contributed by atoms with van der Waals surface area (Å²) in [5.74, 6) is -40.6. The summed E-state index contributed by atoms with van der Waals surface area (Å²) in [4.78, 5) is 10.7. The number of halogens is 13. The van der Waals surface area contributed by atoms with E-state index in [0.29, 0.717) is 0 Å². The monoisotopic (exact) mass is 462 g/mol. The van der Waals surface area contributed by atoms with Crippen LogP contribution < -0.4 is 0 Å². The fraction of sp³-hybridized carbons (Fsp3) is 0.769. The molecular formula is C13H11F13O3. The highest BCUT2D eigenvalue weighted by molar-refractivity contribution is 5.87. The van der Waals surface area contributed by atoms with Crippen LogP contribution in [-0.4, -0.2) is 58.6 Å². The topological polar surface area (TPSA) is 57.5 Å². The predicted molar refractivity (Wildman–Crippen MR) is 67.4 cm³/mol. The number of hydrogen-bond acceptors (Lipinski definition) is 2. The number of hydrogen-bond donors (Lipinski definition) is 2. The average molecular weight is 462 g/mol. The van der Waals surface area contributed by atoms with Crippen LogP contribution >= 0.6 is 0 Å². The Bertz CT molecular complexity index is 649. The number of alkyl halides is 13. The van der Waals surface area contributed by atoms with E-state index in [1.54, 1.807) is 0 Å². The minimum absolute atomic E-state index is 0.139. The van der Waals surface area contributed by atoms with Gasteiger partial charge in [-0.3, -0.25) is 0 Å². The van der Waals surface area contributed by atoms with Crippen molar-refractivity contribution < 1.29 is 72.1 Å². The Morgan fingerprint density at radius 1 is 0.724 bits per heavy atom. The van der Waals surface area contributed by atoms with Crippen molar-refractivity contribution in [1.29, 1.82) is 0 Å². The zero-order valence-electron chi connectivity index (χ0n) is 13.8. The normalized spacial score (nSPS) is 16.0. The van der Waals surface area contributed by atoms with Gasteiger partial charge in [0.2, 0.25) is 0 Å². The van der Waals surface area contributed by atoms with Crippen molar-refractivity contribution >= 4 is 5.97 Å². The molecule has 2 N–H and O–H groups in total. The van der Waals surface area contributed by atoms with E-state index in [-0.39, 0.29) is 6.92 Å². The van der Waals surface area contributed by atoms with Crippen LogP contribution in [0.1, 0.15) is 19.8 Å². The lowest BCUT2D eigenvalue weighted by Crippen LogP contribution is -2.70. The molecule has 3 nitrogen and oxygen atoms in total. The molecule has 0 radical (unpaired) electrons. The molecular weight excluding hydrogens is 451 g/mol. The fourth-order valence-electron chi connectivity index (χ4n) is 1.92. The molecule has 0 aromatic rings. The van der Waals surface area contributed by atoms with Gasteiger partial charge >= 0.3 is 41.8 Å². The summed E-state index contributed by atoms with van der Waals surface area (Å²) in [5.41, 5.74) is -4.28. The first kappa shape index (κ1) is 27.3. The van der Waals surface area contributed by atoms with Crippen molar-refractivity contribution in [2.24, 2.45) is 0 Å². The second kappa shape index (κ2) is 7.83. The van der Waals surface area contributed by atoms with E-state index >= 15 is 0 Å². The van der Waals surface area contributed by atoms with E-state index < -0.39 is 72.4 Å². The van der Waals surface area contributed by atoms with E-state index in [1.165, 1.54) is 0 Å². The smallest absolute Gasteiger partial charge is 0.460 e. The summed E-state index contributed by atoms with van der Waals surface area (Å²) in [5, 5.41) is 17.1. The Hall–Kier alpha value is -1.74. The zero-order valence-corrected chi connectivity index (χ0v) is 13.8. The van der Waals surface area contributed by atoms with Gasteiger partial charge in [-0.05, 0) is 19.8 Å². The van der Waals surface area contributed by atoms with Gasteiger partial charge in [-0.25, -0.2) is 4.79 Å². The standard InChI is InChI=1S/C13H11F13O3/c1-5(7(28)29)6(3-2-4-27)8(14,15)9(16,17)10(18,19)11(20,21)12(22,23)13(24,25)26/h27H,2-4H2,1H3,(H,28,29). The van der Waals surface area contributed by atoms with E-state index in [2.05, 4.69) is 0 Å². The van der Waals surface area contributed by atoms with Gasteiger partial charge in [-0.15, -0.1) is 0 Å². The van der Waals surface area contributed by atoms with E-state index in [1.807, 2.05) is 0 Å². The van der Waals surface area contributed by atoms with Crippen molar-refractivity contribution in [3.8, 4) is 0 Å². The lowest BCUT2D eigenvalue weighted by Gasteiger charge is -2.40. The van der Waals surface area contributed by atoms with Crippen LogP contribution in [0.2, 0.25) is 0 Å². The van der Waals surface area contributed by atoms with Crippen LogP contribution in [-0.2, 0) is 4.79 Å².